The van der Waals surface area contributed by atoms with Gasteiger partial charge in [-0.15, -0.1) is 0 Å². The Bertz CT molecular complexity index is 876. The molecule has 1 aromatic carbocycles. The summed E-state index contributed by atoms with van der Waals surface area (Å²) in [6.07, 6.45) is 2.76. The fourth-order valence-electron chi connectivity index (χ4n) is 2.28. The molecule has 1 atom stereocenters. The number of hydrogen-bond donors (Lipinski definition) is 2. The minimum Gasteiger partial charge on any atom is -0.482 e. The van der Waals surface area contributed by atoms with Gasteiger partial charge in [-0.25, -0.2) is 14.4 Å². The van der Waals surface area contributed by atoms with E-state index in [0.29, 0.717) is 27.8 Å². The lowest BCUT2D eigenvalue weighted by molar-refractivity contribution is 0.227. The highest BCUT2D eigenvalue weighted by Crippen LogP contribution is 2.32. The topological polar surface area (TPSA) is 73.1 Å². The standard InChI is InChI=1S/C18H16ClFN4O/c1-11(14-8-12(20)5-6-15(14)19)25-16-9-13(10-23-18(16)21)24-17-4-2-3-7-22-17/h2-11H,1H3,(H2,21,23)(H,22,24). The molecule has 0 saturated carbocycles. The molecule has 3 aromatic rings. The van der Waals surface area contributed by atoms with Crippen LogP contribution in [0.4, 0.5) is 21.7 Å². The summed E-state index contributed by atoms with van der Waals surface area (Å²) in [5.41, 5.74) is 7.09. The highest BCUT2D eigenvalue weighted by Gasteiger charge is 2.15. The molecule has 3 N–H and O–H groups in total. The molecular formula is C18H16ClFN4O. The summed E-state index contributed by atoms with van der Waals surface area (Å²) in [6, 6.07) is 11.4. The van der Waals surface area contributed by atoms with Gasteiger partial charge in [0.15, 0.2) is 11.6 Å². The first kappa shape index (κ1) is 17.0. The molecule has 3 rings (SSSR count). The van der Waals surface area contributed by atoms with Crippen LogP contribution < -0.4 is 15.8 Å². The molecule has 2 aromatic heterocycles. The Morgan fingerprint density at radius 2 is 2.04 bits per heavy atom. The second kappa shape index (κ2) is 7.36. The monoisotopic (exact) mass is 358 g/mol. The molecule has 0 aliphatic carbocycles. The van der Waals surface area contributed by atoms with E-state index in [1.54, 1.807) is 25.4 Å². The van der Waals surface area contributed by atoms with Crippen molar-refractivity contribution >= 4 is 28.9 Å². The Kier molecular flexibility index (Phi) is 5.00. The number of aromatic nitrogens is 2. The quantitative estimate of drug-likeness (QED) is 0.689. The van der Waals surface area contributed by atoms with Crippen LogP contribution in [0, 0.1) is 5.82 Å². The van der Waals surface area contributed by atoms with Crippen LogP contribution in [0.3, 0.4) is 0 Å². The van der Waals surface area contributed by atoms with Gasteiger partial charge in [-0.2, -0.15) is 0 Å². The molecule has 0 saturated heterocycles. The highest BCUT2D eigenvalue weighted by atomic mass is 35.5. The normalized spacial score (nSPS) is 11.8. The van der Waals surface area contributed by atoms with E-state index in [0.717, 1.165) is 0 Å². The number of nitrogen functional groups attached to an aromatic ring is 1. The van der Waals surface area contributed by atoms with Crippen LogP contribution in [0.1, 0.15) is 18.6 Å². The van der Waals surface area contributed by atoms with E-state index < -0.39 is 6.10 Å². The summed E-state index contributed by atoms with van der Waals surface area (Å²) < 4.78 is 19.3. The van der Waals surface area contributed by atoms with Crippen LogP contribution in [0.25, 0.3) is 0 Å². The average molecular weight is 359 g/mol. The number of nitrogens with one attached hydrogen (secondary N) is 1. The first-order valence-electron chi connectivity index (χ1n) is 7.58. The van der Waals surface area contributed by atoms with Gasteiger partial charge in [0.2, 0.25) is 0 Å². The van der Waals surface area contributed by atoms with Crippen LogP contribution in [-0.2, 0) is 0 Å². The summed E-state index contributed by atoms with van der Waals surface area (Å²) in [5.74, 6) is 0.882. The van der Waals surface area contributed by atoms with E-state index in [9.17, 15) is 4.39 Å². The lowest BCUT2D eigenvalue weighted by Gasteiger charge is -2.18. The number of anilines is 3. The second-order valence-corrected chi connectivity index (χ2v) is 5.78. The lowest BCUT2D eigenvalue weighted by atomic mass is 10.1. The van der Waals surface area contributed by atoms with Crippen LogP contribution in [0.5, 0.6) is 5.75 Å². The molecule has 5 nitrogen and oxygen atoms in total. The van der Waals surface area contributed by atoms with Crippen molar-refractivity contribution in [3.8, 4) is 5.75 Å². The Labute approximate surface area is 149 Å². The van der Waals surface area contributed by atoms with E-state index in [4.69, 9.17) is 22.1 Å². The van der Waals surface area contributed by atoms with Gasteiger partial charge in [0, 0.05) is 22.8 Å². The first-order chi connectivity index (χ1) is 12.0. The Hall–Kier alpha value is -2.86. The zero-order valence-corrected chi connectivity index (χ0v) is 14.2. The first-order valence-corrected chi connectivity index (χ1v) is 7.96. The predicted molar refractivity (Wildman–Crippen MR) is 96.6 cm³/mol. The van der Waals surface area contributed by atoms with Gasteiger partial charge in [-0.3, -0.25) is 0 Å². The van der Waals surface area contributed by atoms with Crippen molar-refractivity contribution < 1.29 is 9.13 Å². The molecule has 0 spiro atoms. The van der Waals surface area contributed by atoms with E-state index in [2.05, 4.69) is 15.3 Å². The van der Waals surface area contributed by atoms with E-state index >= 15 is 0 Å². The van der Waals surface area contributed by atoms with Gasteiger partial charge in [0.05, 0.1) is 11.9 Å². The Morgan fingerprint density at radius 1 is 1.20 bits per heavy atom. The molecule has 2 heterocycles. The number of pyridine rings is 2. The number of halogens is 2. The van der Waals surface area contributed by atoms with E-state index in [-0.39, 0.29) is 11.6 Å². The van der Waals surface area contributed by atoms with Crippen LogP contribution in [-0.4, -0.2) is 9.97 Å². The third-order valence-electron chi connectivity index (χ3n) is 3.52. The summed E-state index contributed by atoms with van der Waals surface area (Å²) in [6.45, 7) is 1.76. The van der Waals surface area contributed by atoms with Gasteiger partial charge < -0.3 is 15.8 Å². The second-order valence-electron chi connectivity index (χ2n) is 5.37. The maximum absolute atomic E-state index is 13.5. The summed E-state index contributed by atoms with van der Waals surface area (Å²) in [7, 11) is 0. The maximum Gasteiger partial charge on any atom is 0.166 e. The van der Waals surface area contributed by atoms with Gasteiger partial charge in [-0.1, -0.05) is 17.7 Å². The SMILES string of the molecule is CC(Oc1cc(Nc2ccccn2)cnc1N)c1cc(F)ccc1Cl. The van der Waals surface area contributed by atoms with Crippen LogP contribution in [0.15, 0.2) is 54.9 Å². The van der Waals surface area contributed by atoms with Crippen molar-refractivity contribution in [3.63, 3.8) is 0 Å². The Balaban J connectivity index is 1.82. The largest absolute Gasteiger partial charge is 0.482 e. The number of nitrogens with two attached hydrogens (primary N) is 1. The van der Waals surface area contributed by atoms with Gasteiger partial charge in [-0.05, 0) is 37.3 Å². The molecule has 0 bridgehead atoms. The van der Waals surface area contributed by atoms with Crippen LogP contribution in [0.2, 0.25) is 5.02 Å². The van der Waals surface area contributed by atoms with Gasteiger partial charge in [0.1, 0.15) is 17.7 Å². The smallest absolute Gasteiger partial charge is 0.166 e. The number of hydrogen-bond acceptors (Lipinski definition) is 5. The zero-order valence-electron chi connectivity index (χ0n) is 13.4. The van der Waals surface area contributed by atoms with Gasteiger partial charge in [0.25, 0.3) is 0 Å². The average Bonchev–Trinajstić information content (AvgIpc) is 2.61. The molecule has 0 aliphatic rings. The van der Waals surface area contributed by atoms with Crippen molar-refractivity contribution in [1.29, 1.82) is 0 Å². The number of nitrogens with zero attached hydrogens (tertiary/aromatic N) is 2. The third-order valence-corrected chi connectivity index (χ3v) is 3.86. The van der Waals surface area contributed by atoms with Crippen molar-refractivity contribution in [2.75, 3.05) is 11.1 Å². The number of benzene rings is 1. The summed E-state index contributed by atoms with van der Waals surface area (Å²) in [5, 5.41) is 3.53. The molecule has 0 amide bonds. The zero-order chi connectivity index (χ0) is 17.8. The molecule has 1 unspecified atom stereocenters. The molecule has 0 fully saturated rings. The van der Waals surface area contributed by atoms with Gasteiger partial charge >= 0.3 is 0 Å². The number of rotatable bonds is 5. The molecule has 128 valence electrons. The van der Waals surface area contributed by atoms with Crippen molar-refractivity contribution in [2.45, 2.75) is 13.0 Å². The Morgan fingerprint density at radius 3 is 2.80 bits per heavy atom. The van der Waals surface area contributed by atoms with Crippen molar-refractivity contribution in [3.05, 3.63) is 71.3 Å². The minimum atomic E-state index is -0.502. The highest BCUT2D eigenvalue weighted by molar-refractivity contribution is 6.31. The molecule has 0 radical (unpaired) electrons. The van der Waals surface area contributed by atoms with Crippen molar-refractivity contribution in [1.82, 2.24) is 9.97 Å². The fourth-order valence-corrected chi connectivity index (χ4v) is 2.55. The maximum atomic E-state index is 13.5. The third kappa shape index (κ3) is 4.16. The molecule has 25 heavy (non-hydrogen) atoms. The summed E-state index contributed by atoms with van der Waals surface area (Å²) in [4.78, 5) is 8.30. The van der Waals surface area contributed by atoms with Crippen LogP contribution >= 0.6 is 11.6 Å². The number of ether oxygens (including phenoxy) is 1. The predicted octanol–water partition coefficient (Wildman–Crippen LogP) is 4.73. The van der Waals surface area contributed by atoms with E-state index in [1.807, 2.05) is 18.2 Å². The minimum absolute atomic E-state index is 0.228. The lowest BCUT2D eigenvalue weighted by Crippen LogP contribution is -2.07. The molecule has 0 aliphatic heterocycles. The summed E-state index contributed by atoms with van der Waals surface area (Å²) >= 11 is 6.12. The van der Waals surface area contributed by atoms with Crippen molar-refractivity contribution in [2.24, 2.45) is 0 Å². The van der Waals surface area contributed by atoms with E-state index in [1.165, 1.54) is 18.2 Å². The fraction of sp³-hybridized carbons (Fsp3) is 0.111. The molecular weight excluding hydrogens is 343 g/mol. The molecule has 7 heteroatoms.